The van der Waals surface area contributed by atoms with Crippen LogP contribution in [0.25, 0.3) is 0 Å². The fourth-order valence-electron chi connectivity index (χ4n) is 2.70. The maximum Gasteiger partial charge on any atom is 0.302 e. The summed E-state index contributed by atoms with van der Waals surface area (Å²) in [5.74, 6) is -2.61. The number of carbonyl (C=O) groups excluding carboxylic acids is 2. The van der Waals surface area contributed by atoms with E-state index in [4.69, 9.17) is 23.2 Å². The van der Waals surface area contributed by atoms with Crippen LogP contribution in [0.2, 0.25) is 10.0 Å². The number of aromatic nitrogens is 7. The van der Waals surface area contributed by atoms with Crippen molar-refractivity contribution in [2.75, 3.05) is 10.8 Å². The number of hydrogen-bond acceptors (Lipinski definition) is 7. The average molecular weight is 507 g/mol. The van der Waals surface area contributed by atoms with Crippen LogP contribution in [0.4, 0.5) is 8.78 Å². The van der Waals surface area contributed by atoms with E-state index in [9.17, 15) is 18.4 Å². The minimum absolute atomic E-state index is 0.0591. The quantitative estimate of drug-likeness (QED) is 0.339. The summed E-state index contributed by atoms with van der Waals surface area (Å²) >= 11 is 13.3. The van der Waals surface area contributed by atoms with Gasteiger partial charge in [0.1, 0.15) is 0 Å². The summed E-state index contributed by atoms with van der Waals surface area (Å²) in [5, 5.41) is 15.6. The van der Waals surface area contributed by atoms with Gasteiger partial charge in [0.05, 0.1) is 10.0 Å². The van der Waals surface area contributed by atoms with E-state index < -0.39 is 24.1 Å². The van der Waals surface area contributed by atoms with Crippen molar-refractivity contribution in [2.45, 2.75) is 45.4 Å². The van der Waals surface area contributed by atoms with Crippen molar-refractivity contribution in [2.24, 2.45) is 0 Å². The molecule has 0 spiro atoms. The van der Waals surface area contributed by atoms with Gasteiger partial charge in [-0.3, -0.25) is 19.0 Å². The number of hydrogen-bond donors (Lipinski definition) is 0. The second kappa shape index (κ2) is 9.96. The summed E-state index contributed by atoms with van der Waals surface area (Å²) < 4.78 is 31.0. The van der Waals surface area contributed by atoms with Crippen LogP contribution in [-0.2, 0) is 13.1 Å². The number of thioether (sulfide) groups is 1. The topological polar surface area (TPSA) is 104 Å². The number of imide groups is 1. The molecular weight excluding hydrogens is 489 g/mol. The van der Waals surface area contributed by atoms with Crippen LogP contribution < -0.4 is 5.01 Å². The lowest BCUT2D eigenvalue weighted by Crippen LogP contribution is -2.47. The molecule has 3 rings (SSSR count). The van der Waals surface area contributed by atoms with E-state index in [1.54, 1.807) is 20.8 Å². The molecule has 3 aromatic rings. The standard InChI is InChI=1S/C17H18Cl2F2N8O2S/c1-4-26-7-9(18)11(24-26)15(30)29(16(31)12-10(19)8-27(5-2)25-12)28-14(13(20)21)22-23-17(28)32-6-3/h7-8,13H,4-6H2,1-3H3. The molecule has 0 saturated carbocycles. The SMILES string of the molecule is CCSc1nnc(C(F)F)n1N(C(=O)c1nn(CC)cc1Cl)C(=O)c1nn(CC)cc1Cl. The molecule has 0 aliphatic rings. The van der Waals surface area contributed by atoms with Crippen molar-refractivity contribution in [3.8, 4) is 0 Å². The van der Waals surface area contributed by atoms with E-state index in [0.29, 0.717) is 28.5 Å². The number of alkyl halides is 2. The molecule has 0 fully saturated rings. The third kappa shape index (κ3) is 4.50. The van der Waals surface area contributed by atoms with Crippen molar-refractivity contribution in [3.63, 3.8) is 0 Å². The van der Waals surface area contributed by atoms with Gasteiger partial charge in [-0.25, -0.2) is 8.78 Å². The van der Waals surface area contributed by atoms with E-state index in [1.165, 1.54) is 21.8 Å². The Kier molecular flexibility index (Phi) is 7.51. The highest BCUT2D eigenvalue weighted by molar-refractivity contribution is 7.99. The summed E-state index contributed by atoms with van der Waals surface area (Å²) in [6.45, 7) is 6.06. The van der Waals surface area contributed by atoms with Crippen molar-refractivity contribution in [3.05, 3.63) is 39.7 Å². The van der Waals surface area contributed by atoms with Gasteiger partial charge in [0.2, 0.25) is 11.0 Å². The lowest BCUT2D eigenvalue weighted by molar-refractivity contribution is 0.0826. The molecule has 0 unspecified atom stereocenters. The Balaban J connectivity index is 2.23. The molecule has 0 aromatic carbocycles. The molecule has 15 heteroatoms. The molecule has 0 radical (unpaired) electrons. The predicted molar refractivity (Wildman–Crippen MR) is 114 cm³/mol. The Labute approximate surface area is 195 Å². The average Bonchev–Trinajstić information content (AvgIpc) is 3.45. The smallest absolute Gasteiger partial charge is 0.271 e. The number of aryl methyl sites for hydroxylation is 2. The molecule has 0 aliphatic heterocycles. The third-order valence-corrected chi connectivity index (χ3v) is 5.53. The van der Waals surface area contributed by atoms with Gasteiger partial charge in [-0.05, 0) is 19.6 Å². The maximum atomic E-state index is 13.8. The van der Waals surface area contributed by atoms with Crippen molar-refractivity contribution >= 4 is 46.8 Å². The van der Waals surface area contributed by atoms with Crippen molar-refractivity contribution < 1.29 is 18.4 Å². The van der Waals surface area contributed by atoms with E-state index in [0.717, 1.165) is 11.8 Å². The Hall–Kier alpha value is -2.51. The van der Waals surface area contributed by atoms with Gasteiger partial charge in [-0.2, -0.15) is 19.9 Å². The van der Waals surface area contributed by atoms with Gasteiger partial charge in [0.15, 0.2) is 11.4 Å². The third-order valence-electron chi connectivity index (χ3n) is 4.18. The lowest BCUT2D eigenvalue weighted by atomic mass is 10.3. The highest BCUT2D eigenvalue weighted by Crippen LogP contribution is 2.27. The molecule has 32 heavy (non-hydrogen) atoms. The zero-order valence-electron chi connectivity index (χ0n) is 17.2. The van der Waals surface area contributed by atoms with Crippen LogP contribution in [0.1, 0.15) is 54.0 Å². The van der Waals surface area contributed by atoms with Gasteiger partial charge in [0.25, 0.3) is 6.43 Å². The summed E-state index contributed by atoms with van der Waals surface area (Å²) in [6, 6.07) is 0. The number of halogens is 4. The van der Waals surface area contributed by atoms with Crippen LogP contribution in [0.15, 0.2) is 17.6 Å². The number of carbonyl (C=O) groups is 2. The van der Waals surface area contributed by atoms with E-state index in [1.807, 2.05) is 0 Å². The fourth-order valence-corrected chi connectivity index (χ4v) is 3.82. The summed E-state index contributed by atoms with van der Waals surface area (Å²) in [4.78, 5) is 26.9. The van der Waals surface area contributed by atoms with Gasteiger partial charge in [-0.15, -0.1) is 10.2 Å². The van der Waals surface area contributed by atoms with Gasteiger partial charge < -0.3 is 0 Å². The highest BCUT2D eigenvalue weighted by atomic mass is 35.5. The fraction of sp³-hybridized carbons (Fsp3) is 0.412. The second-order valence-corrected chi connectivity index (χ2v) is 8.22. The van der Waals surface area contributed by atoms with E-state index in [2.05, 4.69) is 20.4 Å². The first-order valence-electron chi connectivity index (χ1n) is 9.44. The van der Waals surface area contributed by atoms with Crippen LogP contribution in [0.5, 0.6) is 0 Å². The second-order valence-electron chi connectivity index (χ2n) is 6.17. The summed E-state index contributed by atoms with van der Waals surface area (Å²) in [7, 11) is 0. The number of amides is 2. The van der Waals surface area contributed by atoms with Gasteiger partial charge in [0, 0.05) is 25.5 Å². The molecule has 3 heterocycles. The van der Waals surface area contributed by atoms with E-state index in [-0.39, 0.29) is 26.6 Å². The number of rotatable bonds is 8. The Bertz CT molecular complexity index is 1090. The van der Waals surface area contributed by atoms with Gasteiger partial charge in [-0.1, -0.05) is 41.9 Å². The molecule has 0 bridgehead atoms. The summed E-state index contributed by atoms with van der Waals surface area (Å²) in [6.07, 6.45) is -0.361. The first-order valence-corrected chi connectivity index (χ1v) is 11.2. The Morgan fingerprint density at radius 1 is 1.00 bits per heavy atom. The largest absolute Gasteiger partial charge is 0.302 e. The van der Waals surface area contributed by atoms with Crippen LogP contribution in [-0.4, -0.2) is 52.0 Å². The molecule has 3 aromatic heterocycles. The maximum absolute atomic E-state index is 13.8. The normalized spacial score (nSPS) is 11.4. The van der Waals surface area contributed by atoms with E-state index >= 15 is 0 Å². The highest BCUT2D eigenvalue weighted by Gasteiger charge is 2.37. The zero-order valence-corrected chi connectivity index (χ0v) is 19.5. The van der Waals surface area contributed by atoms with Crippen molar-refractivity contribution in [1.82, 2.24) is 34.4 Å². The van der Waals surface area contributed by atoms with Gasteiger partial charge >= 0.3 is 11.8 Å². The number of nitrogens with zero attached hydrogens (tertiary/aromatic N) is 8. The van der Waals surface area contributed by atoms with Crippen LogP contribution in [0, 0.1) is 0 Å². The summed E-state index contributed by atoms with van der Waals surface area (Å²) in [5.41, 5.74) is -0.622. The first-order chi connectivity index (χ1) is 15.2. The lowest BCUT2D eigenvalue weighted by Gasteiger charge is -2.22. The zero-order chi connectivity index (χ0) is 23.6. The van der Waals surface area contributed by atoms with Crippen LogP contribution in [0.3, 0.4) is 0 Å². The van der Waals surface area contributed by atoms with Crippen LogP contribution >= 0.6 is 35.0 Å². The minimum atomic E-state index is -3.14. The molecule has 0 saturated heterocycles. The molecule has 0 aliphatic carbocycles. The molecule has 0 atom stereocenters. The molecule has 0 N–H and O–H groups in total. The molecule has 172 valence electrons. The Morgan fingerprint density at radius 3 is 1.88 bits per heavy atom. The molecule has 10 nitrogen and oxygen atoms in total. The predicted octanol–water partition coefficient (Wildman–Crippen LogP) is 3.69. The van der Waals surface area contributed by atoms with Crippen molar-refractivity contribution in [1.29, 1.82) is 0 Å². The molecular formula is C17H18Cl2F2N8O2S. The Morgan fingerprint density at radius 2 is 1.50 bits per heavy atom. The first kappa shape index (κ1) is 24.1. The minimum Gasteiger partial charge on any atom is -0.271 e. The monoisotopic (exact) mass is 506 g/mol. The molecule has 2 amide bonds.